The highest BCUT2D eigenvalue weighted by Crippen LogP contribution is 2.30. The van der Waals surface area contributed by atoms with Gasteiger partial charge in [-0.2, -0.15) is 0 Å². The lowest BCUT2D eigenvalue weighted by atomic mass is 10.1. The molecule has 4 rings (SSSR count). The van der Waals surface area contributed by atoms with Crippen molar-refractivity contribution in [1.29, 1.82) is 0 Å². The van der Waals surface area contributed by atoms with Crippen molar-refractivity contribution in [3.8, 4) is 22.9 Å². The lowest BCUT2D eigenvalue weighted by molar-refractivity contribution is -0.118. The van der Waals surface area contributed by atoms with Gasteiger partial charge in [0.05, 0.1) is 11.0 Å². The zero-order valence-electron chi connectivity index (χ0n) is 20.1. The maximum absolute atomic E-state index is 13.1. The van der Waals surface area contributed by atoms with Gasteiger partial charge in [-0.1, -0.05) is 44.2 Å². The van der Waals surface area contributed by atoms with Crippen molar-refractivity contribution in [3.63, 3.8) is 0 Å². The van der Waals surface area contributed by atoms with Crippen molar-refractivity contribution in [3.05, 3.63) is 78.4 Å². The van der Waals surface area contributed by atoms with E-state index >= 15 is 0 Å². The third-order valence-electron chi connectivity index (χ3n) is 5.65. The molecule has 0 aliphatic heterocycles. The monoisotopic (exact) mass is 470 g/mol. The van der Waals surface area contributed by atoms with E-state index in [4.69, 9.17) is 15.5 Å². The minimum Gasteiger partial charge on any atom is -0.457 e. The molecule has 1 heterocycles. The van der Waals surface area contributed by atoms with E-state index in [9.17, 15) is 9.59 Å². The van der Waals surface area contributed by atoms with Gasteiger partial charge in [-0.3, -0.25) is 9.59 Å². The first kappa shape index (κ1) is 24.0. The molecule has 0 radical (unpaired) electrons. The average Bonchev–Trinajstić information content (AvgIpc) is 3.21. The standard InChI is InChI=1S/C28H30N4O3/c1-3-15-31(16-4-2)28(34)21-13-14-25-24(18-21)30-27(32(25)19-26(29)33)20-9-8-12-23(17-20)35-22-10-6-5-7-11-22/h5-14,17-18H,3-4,15-16,19H2,1-2H3,(H2,29,33). The summed E-state index contributed by atoms with van der Waals surface area (Å²) in [6.07, 6.45) is 1.79. The quantitative estimate of drug-likeness (QED) is 0.343. The molecule has 0 aliphatic carbocycles. The number of amides is 2. The molecule has 0 saturated carbocycles. The third-order valence-corrected chi connectivity index (χ3v) is 5.65. The predicted molar refractivity (Wildman–Crippen MR) is 137 cm³/mol. The maximum atomic E-state index is 13.1. The Bertz CT molecular complexity index is 1320. The molecule has 4 aromatic rings. The molecule has 2 N–H and O–H groups in total. The van der Waals surface area contributed by atoms with Crippen molar-refractivity contribution in [2.24, 2.45) is 5.73 Å². The summed E-state index contributed by atoms with van der Waals surface area (Å²) in [5.74, 6) is 1.47. The van der Waals surface area contributed by atoms with Crippen molar-refractivity contribution in [1.82, 2.24) is 14.5 Å². The Hall–Kier alpha value is -4.13. The smallest absolute Gasteiger partial charge is 0.253 e. The predicted octanol–water partition coefficient (Wildman–Crippen LogP) is 5.24. The Morgan fingerprint density at radius 1 is 0.914 bits per heavy atom. The lowest BCUT2D eigenvalue weighted by Crippen LogP contribution is -2.32. The number of carbonyl (C=O) groups excluding carboxylic acids is 2. The molecule has 2 amide bonds. The fourth-order valence-electron chi connectivity index (χ4n) is 4.16. The van der Waals surface area contributed by atoms with Crippen LogP contribution < -0.4 is 10.5 Å². The Morgan fingerprint density at radius 3 is 2.31 bits per heavy atom. The molecule has 3 aromatic carbocycles. The summed E-state index contributed by atoms with van der Waals surface area (Å²) in [5.41, 5.74) is 8.30. The number of carbonyl (C=O) groups is 2. The van der Waals surface area contributed by atoms with Crippen LogP contribution in [0, 0.1) is 0 Å². The van der Waals surface area contributed by atoms with Gasteiger partial charge in [-0.15, -0.1) is 0 Å². The van der Waals surface area contributed by atoms with Crippen LogP contribution in [-0.4, -0.2) is 39.4 Å². The Morgan fingerprint density at radius 2 is 1.63 bits per heavy atom. The molecule has 1 aromatic heterocycles. The van der Waals surface area contributed by atoms with Crippen LogP contribution in [0.1, 0.15) is 37.0 Å². The van der Waals surface area contributed by atoms with E-state index in [1.807, 2.05) is 65.6 Å². The summed E-state index contributed by atoms with van der Waals surface area (Å²) < 4.78 is 7.76. The molecule has 0 unspecified atom stereocenters. The van der Waals surface area contributed by atoms with Crippen LogP contribution >= 0.6 is 0 Å². The van der Waals surface area contributed by atoms with E-state index < -0.39 is 5.91 Å². The minimum atomic E-state index is -0.473. The maximum Gasteiger partial charge on any atom is 0.253 e. The molecule has 0 saturated heterocycles. The first-order valence-corrected chi connectivity index (χ1v) is 11.9. The minimum absolute atomic E-state index is 0.0140. The number of primary amides is 1. The number of nitrogens with zero attached hydrogens (tertiary/aromatic N) is 3. The van der Waals surface area contributed by atoms with Gasteiger partial charge in [0.25, 0.3) is 5.91 Å². The highest BCUT2D eigenvalue weighted by atomic mass is 16.5. The average molecular weight is 471 g/mol. The van der Waals surface area contributed by atoms with Crippen molar-refractivity contribution >= 4 is 22.8 Å². The van der Waals surface area contributed by atoms with Gasteiger partial charge in [-0.05, 0) is 55.3 Å². The van der Waals surface area contributed by atoms with Gasteiger partial charge in [0.15, 0.2) is 0 Å². The van der Waals surface area contributed by atoms with E-state index in [1.54, 1.807) is 16.7 Å². The fourth-order valence-corrected chi connectivity index (χ4v) is 4.16. The molecule has 0 atom stereocenters. The van der Waals surface area contributed by atoms with Gasteiger partial charge in [0, 0.05) is 24.2 Å². The second-order valence-corrected chi connectivity index (χ2v) is 8.43. The zero-order chi connectivity index (χ0) is 24.8. The van der Waals surface area contributed by atoms with Gasteiger partial charge in [0.2, 0.25) is 5.91 Å². The number of hydrogen-bond donors (Lipinski definition) is 1. The van der Waals surface area contributed by atoms with E-state index in [0.717, 1.165) is 29.7 Å². The van der Waals surface area contributed by atoms with Crippen molar-refractivity contribution in [2.75, 3.05) is 13.1 Å². The molecule has 0 aliphatic rings. The van der Waals surface area contributed by atoms with Crippen LogP contribution in [0.3, 0.4) is 0 Å². The molecule has 0 bridgehead atoms. The number of hydrogen-bond acceptors (Lipinski definition) is 4. The lowest BCUT2D eigenvalue weighted by Gasteiger charge is -2.21. The van der Waals surface area contributed by atoms with Crippen LogP contribution in [0.5, 0.6) is 11.5 Å². The number of nitrogens with two attached hydrogens (primary N) is 1. The van der Waals surface area contributed by atoms with Crippen LogP contribution in [0.2, 0.25) is 0 Å². The summed E-state index contributed by atoms with van der Waals surface area (Å²) in [5, 5.41) is 0. The molecular formula is C28H30N4O3. The Labute approximate surface area is 205 Å². The number of benzene rings is 3. The summed E-state index contributed by atoms with van der Waals surface area (Å²) in [4.78, 5) is 31.7. The van der Waals surface area contributed by atoms with Gasteiger partial charge >= 0.3 is 0 Å². The van der Waals surface area contributed by atoms with Crippen LogP contribution in [0.4, 0.5) is 0 Å². The molecule has 0 spiro atoms. The fraction of sp³-hybridized carbons (Fsp3) is 0.250. The third kappa shape index (κ3) is 5.51. The SMILES string of the molecule is CCCN(CCC)C(=O)c1ccc2c(c1)nc(-c1cccc(Oc3ccccc3)c1)n2CC(N)=O. The van der Waals surface area contributed by atoms with Gasteiger partial charge in [0.1, 0.15) is 23.9 Å². The van der Waals surface area contributed by atoms with Gasteiger partial charge in [-0.25, -0.2) is 4.98 Å². The number of rotatable bonds is 10. The second kappa shape index (κ2) is 10.9. The van der Waals surface area contributed by atoms with Crippen molar-refractivity contribution < 1.29 is 14.3 Å². The van der Waals surface area contributed by atoms with E-state index in [0.29, 0.717) is 35.7 Å². The van der Waals surface area contributed by atoms with Crippen LogP contribution in [0.25, 0.3) is 22.4 Å². The Kier molecular flexibility index (Phi) is 7.45. The first-order chi connectivity index (χ1) is 17.0. The summed E-state index contributed by atoms with van der Waals surface area (Å²) >= 11 is 0. The summed E-state index contributed by atoms with van der Waals surface area (Å²) in [7, 11) is 0. The molecular weight excluding hydrogens is 440 g/mol. The van der Waals surface area contributed by atoms with E-state index in [1.165, 1.54) is 0 Å². The molecule has 7 nitrogen and oxygen atoms in total. The number of aromatic nitrogens is 2. The Balaban J connectivity index is 1.74. The highest BCUT2D eigenvalue weighted by molar-refractivity contribution is 5.98. The van der Waals surface area contributed by atoms with E-state index in [2.05, 4.69) is 13.8 Å². The summed E-state index contributed by atoms with van der Waals surface area (Å²) in [6.45, 7) is 5.51. The largest absolute Gasteiger partial charge is 0.457 e. The number of ether oxygens (including phenoxy) is 1. The van der Waals surface area contributed by atoms with Crippen molar-refractivity contribution in [2.45, 2.75) is 33.2 Å². The zero-order valence-corrected chi connectivity index (χ0v) is 20.1. The van der Waals surface area contributed by atoms with Gasteiger partial charge < -0.3 is 19.9 Å². The van der Waals surface area contributed by atoms with Crippen LogP contribution in [-0.2, 0) is 11.3 Å². The summed E-state index contributed by atoms with van der Waals surface area (Å²) in [6, 6.07) is 22.5. The van der Waals surface area contributed by atoms with Crippen LogP contribution in [0.15, 0.2) is 72.8 Å². The number of para-hydroxylation sites is 1. The second-order valence-electron chi connectivity index (χ2n) is 8.43. The normalized spacial score (nSPS) is 10.9. The highest BCUT2D eigenvalue weighted by Gasteiger charge is 2.19. The molecule has 180 valence electrons. The number of fused-ring (bicyclic) bond motifs is 1. The topological polar surface area (TPSA) is 90.5 Å². The molecule has 7 heteroatoms. The number of imidazole rings is 1. The van der Waals surface area contributed by atoms with E-state index in [-0.39, 0.29) is 12.5 Å². The first-order valence-electron chi connectivity index (χ1n) is 11.9. The molecule has 35 heavy (non-hydrogen) atoms. The molecule has 0 fully saturated rings.